The second-order valence-corrected chi connectivity index (χ2v) is 4.82. The lowest BCUT2D eigenvalue weighted by Gasteiger charge is -2.15. The fraction of sp³-hybridized carbons (Fsp3) is 0.571. The summed E-state index contributed by atoms with van der Waals surface area (Å²) in [5, 5.41) is 18.4. The van der Waals surface area contributed by atoms with Crippen LogP contribution in [0.4, 0.5) is 0 Å². The number of hydrogen-bond donors (Lipinski definition) is 2. The van der Waals surface area contributed by atoms with Gasteiger partial charge in [0.05, 0.1) is 0 Å². The van der Waals surface area contributed by atoms with Crippen LogP contribution in [0.1, 0.15) is 84.6 Å². The predicted octanol–water partition coefficient (Wildman–Crippen LogP) is 3.70. The zero-order valence-electron chi connectivity index (χ0n) is 11.7. The van der Waals surface area contributed by atoms with Crippen LogP contribution in [-0.4, -0.2) is 22.2 Å². The fourth-order valence-corrected chi connectivity index (χ4v) is 2.16. The van der Waals surface area contributed by atoms with Crippen molar-refractivity contribution in [1.29, 1.82) is 0 Å². The minimum Gasteiger partial charge on any atom is -0.475 e. The molecule has 0 saturated heterocycles. The highest BCUT2D eigenvalue weighted by Crippen LogP contribution is 2.37. The van der Waals surface area contributed by atoms with E-state index in [1.54, 1.807) is 0 Å². The number of furan rings is 1. The predicted molar refractivity (Wildman–Crippen MR) is 70.0 cm³/mol. The molecule has 1 rings (SSSR count). The molecule has 1 heterocycles. The Bertz CT molecular complexity index is 444. The number of hydrogen-bond acceptors (Lipinski definition) is 3. The molecule has 19 heavy (non-hydrogen) atoms. The quantitative estimate of drug-likeness (QED) is 0.821. The van der Waals surface area contributed by atoms with Crippen molar-refractivity contribution in [3.8, 4) is 0 Å². The highest BCUT2D eigenvalue weighted by atomic mass is 16.4. The molecule has 2 unspecified atom stereocenters. The van der Waals surface area contributed by atoms with Gasteiger partial charge >= 0.3 is 11.9 Å². The summed E-state index contributed by atoms with van der Waals surface area (Å²) in [6.45, 7) is 7.64. The van der Waals surface area contributed by atoms with E-state index in [2.05, 4.69) is 0 Å². The van der Waals surface area contributed by atoms with Gasteiger partial charge in [0.25, 0.3) is 0 Å². The van der Waals surface area contributed by atoms with Gasteiger partial charge in [-0.2, -0.15) is 0 Å². The molecule has 0 aliphatic rings. The number of rotatable bonds is 6. The minimum atomic E-state index is -1.22. The van der Waals surface area contributed by atoms with Crippen LogP contribution in [0.2, 0.25) is 0 Å². The molecule has 0 spiro atoms. The molecule has 0 amide bonds. The van der Waals surface area contributed by atoms with E-state index in [1.807, 2.05) is 27.7 Å². The SMILES string of the molecule is CCC(C)c1c(C(=O)O)oc(C(=O)O)c1C(C)CC. The molecule has 5 nitrogen and oxygen atoms in total. The summed E-state index contributed by atoms with van der Waals surface area (Å²) in [4.78, 5) is 22.5. The lowest BCUT2D eigenvalue weighted by atomic mass is 9.86. The zero-order valence-corrected chi connectivity index (χ0v) is 11.7. The second kappa shape index (κ2) is 5.91. The molecule has 0 saturated carbocycles. The van der Waals surface area contributed by atoms with Gasteiger partial charge in [0.2, 0.25) is 11.5 Å². The van der Waals surface area contributed by atoms with Crippen LogP contribution in [0.5, 0.6) is 0 Å². The summed E-state index contributed by atoms with van der Waals surface area (Å²) in [6, 6.07) is 0. The lowest BCUT2D eigenvalue weighted by Crippen LogP contribution is -2.07. The maximum Gasteiger partial charge on any atom is 0.372 e. The van der Waals surface area contributed by atoms with Gasteiger partial charge < -0.3 is 14.6 Å². The van der Waals surface area contributed by atoms with Crippen LogP contribution in [0.3, 0.4) is 0 Å². The average Bonchev–Trinajstić information content (AvgIpc) is 2.77. The van der Waals surface area contributed by atoms with Crippen LogP contribution in [0, 0.1) is 0 Å². The third-order valence-electron chi connectivity index (χ3n) is 3.58. The Labute approximate surface area is 112 Å². The molecule has 1 aromatic heterocycles. The van der Waals surface area contributed by atoms with Gasteiger partial charge in [-0.25, -0.2) is 9.59 Å². The largest absolute Gasteiger partial charge is 0.475 e. The Morgan fingerprint density at radius 3 is 1.47 bits per heavy atom. The van der Waals surface area contributed by atoms with Crippen molar-refractivity contribution in [2.75, 3.05) is 0 Å². The summed E-state index contributed by atoms with van der Waals surface area (Å²) in [5.41, 5.74) is 1.06. The van der Waals surface area contributed by atoms with Gasteiger partial charge in [-0.15, -0.1) is 0 Å². The number of carbonyl (C=O) groups is 2. The van der Waals surface area contributed by atoms with Gasteiger partial charge in [-0.05, 0) is 24.7 Å². The smallest absolute Gasteiger partial charge is 0.372 e. The Morgan fingerprint density at radius 1 is 0.947 bits per heavy atom. The molecule has 0 aliphatic carbocycles. The first kappa shape index (κ1) is 15.3. The Balaban J connectivity index is 3.61. The van der Waals surface area contributed by atoms with E-state index in [-0.39, 0.29) is 23.4 Å². The van der Waals surface area contributed by atoms with Crippen LogP contribution in [0.25, 0.3) is 0 Å². The first-order valence-corrected chi connectivity index (χ1v) is 6.48. The molecular formula is C14H20O5. The standard InChI is InChI=1S/C14H20O5/c1-5-7(3)9-10(8(4)6-2)12(14(17)18)19-11(9)13(15)16/h7-8H,5-6H2,1-4H3,(H,15,16)(H,17,18). The first-order valence-electron chi connectivity index (χ1n) is 6.48. The summed E-state index contributed by atoms with van der Waals surface area (Å²) in [6.07, 6.45) is 1.45. The molecule has 1 aromatic rings. The summed E-state index contributed by atoms with van der Waals surface area (Å²) in [7, 11) is 0. The van der Waals surface area contributed by atoms with Crippen molar-refractivity contribution in [2.24, 2.45) is 0 Å². The van der Waals surface area contributed by atoms with E-state index in [0.717, 1.165) is 12.8 Å². The van der Waals surface area contributed by atoms with E-state index in [0.29, 0.717) is 11.1 Å². The van der Waals surface area contributed by atoms with Gasteiger partial charge in [0.15, 0.2) is 0 Å². The van der Waals surface area contributed by atoms with E-state index in [4.69, 9.17) is 4.42 Å². The molecule has 2 atom stereocenters. The van der Waals surface area contributed by atoms with Crippen molar-refractivity contribution < 1.29 is 24.2 Å². The molecule has 2 N–H and O–H groups in total. The maximum absolute atomic E-state index is 11.3. The van der Waals surface area contributed by atoms with Crippen molar-refractivity contribution in [2.45, 2.75) is 52.4 Å². The van der Waals surface area contributed by atoms with Gasteiger partial charge in [-0.1, -0.05) is 27.7 Å². The van der Waals surface area contributed by atoms with Crippen LogP contribution in [0.15, 0.2) is 4.42 Å². The van der Waals surface area contributed by atoms with E-state index in [9.17, 15) is 19.8 Å². The third kappa shape index (κ3) is 2.80. The fourth-order valence-electron chi connectivity index (χ4n) is 2.16. The highest BCUT2D eigenvalue weighted by molar-refractivity contribution is 5.93. The second-order valence-electron chi connectivity index (χ2n) is 4.82. The lowest BCUT2D eigenvalue weighted by molar-refractivity contribution is 0.0629. The molecular weight excluding hydrogens is 248 g/mol. The Kier molecular flexibility index (Phi) is 4.75. The van der Waals surface area contributed by atoms with Crippen LogP contribution >= 0.6 is 0 Å². The summed E-state index contributed by atoms with van der Waals surface area (Å²) in [5.74, 6) is -3.00. The Hall–Kier alpha value is -1.78. The van der Waals surface area contributed by atoms with Crippen molar-refractivity contribution in [1.82, 2.24) is 0 Å². The minimum absolute atomic E-state index is 0.0491. The van der Waals surface area contributed by atoms with Crippen LogP contribution < -0.4 is 0 Å². The number of carboxylic acid groups (broad SMARTS) is 2. The molecule has 0 radical (unpaired) electrons. The molecule has 106 valence electrons. The summed E-state index contributed by atoms with van der Waals surface area (Å²) < 4.78 is 5.12. The first-order chi connectivity index (χ1) is 8.84. The zero-order chi connectivity index (χ0) is 14.7. The highest BCUT2D eigenvalue weighted by Gasteiger charge is 2.32. The van der Waals surface area contributed by atoms with Crippen LogP contribution in [-0.2, 0) is 0 Å². The van der Waals surface area contributed by atoms with E-state index >= 15 is 0 Å². The Morgan fingerprint density at radius 2 is 1.26 bits per heavy atom. The monoisotopic (exact) mass is 268 g/mol. The maximum atomic E-state index is 11.3. The normalized spacial score (nSPS) is 14.1. The average molecular weight is 268 g/mol. The van der Waals surface area contributed by atoms with Gasteiger partial charge in [0.1, 0.15) is 0 Å². The van der Waals surface area contributed by atoms with Gasteiger partial charge in [0, 0.05) is 11.1 Å². The van der Waals surface area contributed by atoms with Crippen molar-refractivity contribution in [3.63, 3.8) is 0 Å². The molecule has 0 fully saturated rings. The van der Waals surface area contributed by atoms with E-state index < -0.39 is 11.9 Å². The van der Waals surface area contributed by atoms with Crippen molar-refractivity contribution in [3.05, 3.63) is 22.6 Å². The molecule has 5 heteroatoms. The van der Waals surface area contributed by atoms with Gasteiger partial charge in [-0.3, -0.25) is 0 Å². The molecule has 0 aromatic carbocycles. The third-order valence-corrected chi connectivity index (χ3v) is 3.58. The summed E-state index contributed by atoms with van der Waals surface area (Å²) >= 11 is 0. The number of aromatic carboxylic acids is 2. The van der Waals surface area contributed by atoms with E-state index in [1.165, 1.54) is 0 Å². The topological polar surface area (TPSA) is 87.7 Å². The van der Waals surface area contributed by atoms with Crippen molar-refractivity contribution >= 4 is 11.9 Å². The number of carboxylic acids is 2. The molecule has 0 aliphatic heterocycles. The molecule has 0 bridgehead atoms.